The highest BCUT2D eigenvalue weighted by Crippen LogP contribution is 2.34. The van der Waals surface area contributed by atoms with Crippen molar-refractivity contribution in [3.8, 4) is 0 Å². The molecule has 1 saturated carbocycles. The second-order valence-corrected chi connectivity index (χ2v) is 7.15. The van der Waals surface area contributed by atoms with Gasteiger partial charge in [0.05, 0.1) is 0 Å². The Morgan fingerprint density at radius 2 is 2.08 bits per heavy atom. The van der Waals surface area contributed by atoms with E-state index in [1.54, 1.807) is 18.0 Å². The number of aromatic nitrogens is 1. The molecule has 1 aromatic heterocycles. The molecule has 0 aliphatic heterocycles. The molecule has 1 aliphatic rings. The minimum absolute atomic E-state index is 0.0517. The van der Waals surface area contributed by atoms with Crippen molar-refractivity contribution in [2.24, 2.45) is 5.92 Å². The maximum absolute atomic E-state index is 12.3. The maximum atomic E-state index is 12.3. The molecule has 24 heavy (non-hydrogen) atoms. The van der Waals surface area contributed by atoms with E-state index in [1.807, 2.05) is 36.5 Å². The zero-order valence-corrected chi connectivity index (χ0v) is 14.3. The lowest BCUT2D eigenvalue weighted by molar-refractivity contribution is 0.0924. The summed E-state index contributed by atoms with van der Waals surface area (Å²) >= 11 is 1.73. The summed E-state index contributed by atoms with van der Waals surface area (Å²) in [7, 11) is 0. The van der Waals surface area contributed by atoms with E-state index in [-0.39, 0.29) is 18.6 Å². The average molecular weight is 342 g/mol. The van der Waals surface area contributed by atoms with Crippen molar-refractivity contribution >= 4 is 17.7 Å². The van der Waals surface area contributed by atoms with Crippen molar-refractivity contribution in [3.05, 3.63) is 59.9 Å². The standard InChI is InChI=1S/C19H22N2O2S/c22-11-9-18(15-3-4-15)21-19(23)16-5-7-17(8-6-16)24-13-14-2-1-10-20-12-14/h1-2,5-8,10,12,15,18,22H,3-4,9,11,13H2,(H,21,23). The van der Waals surface area contributed by atoms with Crippen LogP contribution in [0.25, 0.3) is 0 Å². The monoisotopic (exact) mass is 342 g/mol. The molecule has 1 aromatic carbocycles. The zero-order chi connectivity index (χ0) is 16.8. The molecule has 126 valence electrons. The van der Waals surface area contributed by atoms with Crippen molar-refractivity contribution in [2.75, 3.05) is 6.61 Å². The quantitative estimate of drug-likeness (QED) is 0.723. The molecule has 2 aromatic rings. The van der Waals surface area contributed by atoms with Gasteiger partial charge in [0.15, 0.2) is 0 Å². The van der Waals surface area contributed by atoms with Gasteiger partial charge < -0.3 is 10.4 Å². The zero-order valence-electron chi connectivity index (χ0n) is 13.5. The molecule has 1 fully saturated rings. The van der Waals surface area contributed by atoms with Crippen LogP contribution in [-0.4, -0.2) is 28.6 Å². The summed E-state index contributed by atoms with van der Waals surface area (Å²) in [4.78, 5) is 17.6. The maximum Gasteiger partial charge on any atom is 0.251 e. The fraction of sp³-hybridized carbons (Fsp3) is 0.368. The first-order valence-corrected chi connectivity index (χ1v) is 9.28. The molecule has 0 saturated heterocycles. The molecule has 0 bridgehead atoms. The highest BCUT2D eigenvalue weighted by atomic mass is 32.2. The minimum Gasteiger partial charge on any atom is -0.396 e. The van der Waals surface area contributed by atoms with Crippen LogP contribution >= 0.6 is 11.8 Å². The van der Waals surface area contributed by atoms with E-state index in [4.69, 9.17) is 5.11 Å². The number of nitrogens with one attached hydrogen (secondary N) is 1. The van der Waals surface area contributed by atoms with Crippen LogP contribution in [0, 0.1) is 5.92 Å². The first-order valence-electron chi connectivity index (χ1n) is 8.30. The molecule has 1 atom stereocenters. The summed E-state index contributed by atoms with van der Waals surface area (Å²) in [5.41, 5.74) is 1.85. The molecule has 0 spiro atoms. The van der Waals surface area contributed by atoms with Gasteiger partial charge in [-0.15, -0.1) is 11.8 Å². The van der Waals surface area contributed by atoms with Crippen LogP contribution in [0.3, 0.4) is 0 Å². The predicted octanol–water partition coefficient (Wildman–Crippen LogP) is 3.26. The van der Waals surface area contributed by atoms with E-state index in [1.165, 1.54) is 5.56 Å². The first-order chi connectivity index (χ1) is 11.8. The molecule has 1 aliphatic carbocycles. The summed E-state index contributed by atoms with van der Waals surface area (Å²) in [6, 6.07) is 11.8. The highest BCUT2D eigenvalue weighted by molar-refractivity contribution is 7.98. The SMILES string of the molecule is O=C(NC(CCO)C1CC1)c1ccc(SCc2cccnc2)cc1. The Morgan fingerprint density at radius 1 is 1.29 bits per heavy atom. The summed E-state index contributed by atoms with van der Waals surface area (Å²) in [6.07, 6.45) is 6.57. The lowest BCUT2D eigenvalue weighted by atomic mass is 10.1. The Labute approximate surface area is 146 Å². The van der Waals surface area contributed by atoms with Gasteiger partial charge in [0, 0.05) is 41.3 Å². The Morgan fingerprint density at radius 3 is 2.71 bits per heavy atom. The Balaban J connectivity index is 1.54. The van der Waals surface area contributed by atoms with Crippen molar-refractivity contribution < 1.29 is 9.90 Å². The highest BCUT2D eigenvalue weighted by Gasteiger charge is 2.31. The molecule has 1 unspecified atom stereocenters. The Hall–Kier alpha value is -1.85. The normalized spacial score (nSPS) is 15.0. The lowest BCUT2D eigenvalue weighted by Gasteiger charge is -2.17. The number of hydrogen-bond donors (Lipinski definition) is 2. The third-order valence-electron chi connectivity index (χ3n) is 4.19. The van der Waals surface area contributed by atoms with Crippen LogP contribution in [0.1, 0.15) is 35.2 Å². The van der Waals surface area contributed by atoms with Crippen LogP contribution in [-0.2, 0) is 5.75 Å². The second kappa shape index (κ2) is 8.31. The molecule has 1 amide bonds. The average Bonchev–Trinajstić information content (AvgIpc) is 3.46. The summed E-state index contributed by atoms with van der Waals surface area (Å²) in [5.74, 6) is 1.35. The number of aliphatic hydroxyl groups excluding tert-OH is 1. The number of nitrogens with zero attached hydrogens (tertiary/aromatic N) is 1. The van der Waals surface area contributed by atoms with Crippen LogP contribution in [0.5, 0.6) is 0 Å². The van der Waals surface area contributed by atoms with Crippen molar-refractivity contribution in [1.29, 1.82) is 0 Å². The van der Waals surface area contributed by atoms with E-state index in [0.29, 0.717) is 17.9 Å². The fourth-order valence-corrected chi connectivity index (χ4v) is 3.50. The van der Waals surface area contributed by atoms with Gasteiger partial charge in [-0.3, -0.25) is 9.78 Å². The van der Waals surface area contributed by atoms with E-state index in [0.717, 1.165) is 23.5 Å². The van der Waals surface area contributed by atoms with Crippen molar-refractivity contribution in [2.45, 2.75) is 36.0 Å². The number of thioether (sulfide) groups is 1. The van der Waals surface area contributed by atoms with E-state index in [2.05, 4.69) is 16.4 Å². The Kier molecular flexibility index (Phi) is 5.88. The Bertz CT molecular complexity index is 657. The van der Waals surface area contributed by atoms with Gasteiger partial charge in [0.1, 0.15) is 0 Å². The van der Waals surface area contributed by atoms with Gasteiger partial charge in [-0.1, -0.05) is 6.07 Å². The smallest absolute Gasteiger partial charge is 0.251 e. The molecular weight excluding hydrogens is 320 g/mol. The van der Waals surface area contributed by atoms with Crippen LogP contribution in [0.4, 0.5) is 0 Å². The lowest BCUT2D eigenvalue weighted by Crippen LogP contribution is -2.37. The molecular formula is C19H22N2O2S. The van der Waals surface area contributed by atoms with Gasteiger partial charge in [-0.05, 0) is 61.1 Å². The molecule has 3 rings (SSSR count). The van der Waals surface area contributed by atoms with Crippen LogP contribution < -0.4 is 5.32 Å². The van der Waals surface area contributed by atoms with E-state index < -0.39 is 0 Å². The number of aliphatic hydroxyl groups is 1. The van der Waals surface area contributed by atoms with Gasteiger partial charge >= 0.3 is 0 Å². The van der Waals surface area contributed by atoms with Crippen LogP contribution in [0.15, 0.2) is 53.7 Å². The molecule has 1 heterocycles. The number of amides is 1. The van der Waals surface area contributed by atoms with Gasteiger partial charge in [-0.2, -0.15) is 0 Å². The summed E-state index contributed by atoms with van der Waals surface area (Å²) in [6.45, 7) is 0.116. The minimum atomic E-state index is -0.0517. The van der Waals surface area contributed by atoms with Gasteiger partial charge in [0.2, 0.25) is 0 Å². The van der Waals surface area contributed by atoms with Crippen molar-refractivity contribution in [3.63, 3.8) is 0 Å². The number of rotatable bonds is 8. The summed E-state index contributed by atoms with van der Waals surface area (Å²) < 4.78 is 0. The number of carbonyl (C=O) groups is 1. The van der Waals surface area contributed by atoms with E-state index >= 15 is 0 Å². The fourth-order valence-electron chi connectivity index (χ4n) is 2.67. The summed E-state index contributed by atoms with van der Waals surface area (Å²) in [5, 5.41) is 12.2. The van der Waals surface area contributed by atoms with Gasteiger partial charge in [0.25, 0.3) is 5.91 Å². The molecule has 5 heteroatoms. The molecule has 4 nitrogen and oxygen atoms in total. The molecule has 2 N–H and O–H groups in total. The largest absolute Gasteiger partial charge is 0.396 e. The number of pyridine rings is 1. The third-order valence-corrected chi connectivity index (χ3v) is 5.28. The van der Waals surface area contributed by atoms with E-state index in [9.17, 15) is 4.79 Å². The number of carbonyl (C=O) groups excluding carboxylic acids is 1. The number of hydrogen-bond acceptors (Lipinski definition) is 4. The molecule has 0 radical (unpaired) electrons. The van der Waals surface area contributed by atoms with Crippen molar-refractivity contribution in [1.82, 2.24) is 10.3 Å². The second-order valence-electron chi connectivity index (χ2n) is 6.10. The topological polar surface area (TPSA) is 62.2 Å². The third kappa shape index (κ3) is 4.82. The predicted molar refractivity (Wildman–Crippen MR) is 95.9 cm³/mol. The van der Waals surface area contributed by atoms with Gasteiger partial charge in [-0.25, -0.2) is 0 Å². The van der Waals surface area contributed by atoms with Crippen LogP contribution in [0.2, 0.25) is 0 Å². The number of benzene rings is 1. The first kappa shape index (κ1) is 17.0.